The molecule has 1 aliphatic rings. The van der Waals surface area contributed by atoms with Gasteiger partial charge in [-0.25, -0.2) is 0 Å². The van der Waals surface area contributed by atoms with Crippen LogP contribution in [0.25, 0.3) is 0 Å². The number of thiol groups is 1. The van der Waals surface area contributed by atoms with Crippen molar-refractivity contribution in [3.8, 4) is 0 Å². The van der Waals surface area contributed by atoms with Gasteiger partial charge in [-0.3, -0.25) is 4.79 Å². The van der Waals surface area contributed by atoms with Crippen LogP contribution < -0.4 is 5.32 Å². The molecule has 70 valence electrons. The van der Waals surface area contributed by atoms with E-state index >= 15 is 0 Å². The standard InChI is InChI=1S/C8H16N2OS/c1-9-5-8(11)10-4-2-3-7(10)6-12/h7,9,12H,2-6H2,1H3. The van der Waals surface area contributed by atoms with Crippen molar-refractivity contribution in [2.75, 3.05) is 25.9 Å². The maximum Gasteiger partial charge on any atom is 0.236 e. The first kappa shape index (κ1) is 9.86. The van der Waals surface area contributed by atoms with Gasteiger partial charge in [0.2, 0.25) is 5.91 Å². The van der Waals surface area contributed by atoms with E-state index in [1.54, 1.807) is 7.05 Å². The van der Waals surface area contributed by atoms with Crippen molar-refractivity contribution in [1.82, 2.24) is 10.2 Å². The van der Waals surface area contributed by atoms with Crippen LogP contribution in [0.3, 0.4) is 0 Å². The van der Waals surface area contributed by atoms with Crippen molar-refractivity contribution in [3.05, 3.63) is 0 Å². The smallest absolute Gasteiger partial charge is 0.236 e. The van der Waals surface area contributed by atoms with Gasteiger partial charge >= 0.3 is 0 Å². The monoisotopic (exact) mass is 188 g/mol. The van der Waals surface area contributed by atoms with Crippen molar-refractivity contribution < 1.29 is 4.79 Å². The Balaban J connectivity index is 2.43. The largest absolute Gasteiger partial charge is 0.338 e. The Labute approximate surface area is 78.9 Å². The van der Waals surface area contributed by atoms with Gasteiger partial charge in [-0.05, 0) is 19.9 Å². The second-order valence-corrected chi connectivity index (χ2v) is 3.46. The molecule has 1 N–H and O–H groups in total. The van der Waals surface area contributed by atoms with E-state index in [9.17, 15) is 4.79 Å². The summed E-state index contributed by atoms with van der Waals surface area (Å²) in [5.74, 6) is 0.990. The van der Waals surface area contributed by atoms with E-state index in [0.29, 0.717) is 12.6 Å². The molecule has 0 bridgehead atoms. The van der Waals surface area contributed by atoms with Gasteiger partial charge in [-0.2, -0.15) is 12.6 Å². The van der Waals surface area contributed by atoms with E-state index in [1.807, 2.05) is 4.90 Å². The van der Waals surface area contributed by atoms with Gasteiger partial charge < -0.3 is 10.2 Å². The number of carbonyl (C=O) groups is 1. The minimum atomic E-state index is 0.203. The minimum absolute atomic E-state index is 0.203. The Hall–Kier alpha value is -0.220. The summed E-state index contributed by atoms with van der Waals surface area (Å²) in [6, 6.07) is 0.370. The third-order valence-electron chi connectivity index (χ3n) is 2.24. The maximum atomic E-state index is 11.4. The lowest BCUT2D eigenvalue weighted by atomic mass is 10.2. The molecule has 1 aliphatic heterocycles. The first-order valence-corrected chi connectivity index (χ1v) is 4.97. The lowest BCUT2D eigenvalue weighted by molar-refractivity contribution is -0.130. The minimum Gasteiger partial charge on any atom is -0.338 e. The molecule has 3 nitrogen and oxygen atoms in total. The first-order valence-electron chi connectivity index (χ1n) is 4.34. The molecular formula is C8H16N2OS. The van der Waals surface area contributed by atoms with E-state index in [0.717, 1.165) is 25.1 Å². The molecule has 1 saturated heterocycles. The van der Waals surface area contributed by atoms with Gasteiger partial charge in [0.05, 0.1) is 6.54 Å². The molecule has 1 unspecified atom stereocenters. The predicted molar refractivity (Wildman–Crippen MR) is 52.5 cm³/mol. The first-order chi connectivity index (χ1) is 5.79. The summed E-state index contributed by atoms with van der Waals surface area (Å²) in [6.07, 6.45) is 2.24. The van der Waals surface area contributed by atoms with Gasteiger partial charge in [-0.15, -0.1) is 0 Å². The Morgan fingerprint density at radius 1 is 1.75 bits per heavy atom. The average Bonchev–Trinajstić information content (AvgIpc) is 2.51. The zero-order valence-corrected chi connectivity index (χ0v) is 8.31. The normalized spacial score (nSPS) is 23.2. The van der Waals surface area contributed by atoms with E-state index in [4.69, 9.17) is 0 Å². The SMILES string of the molecule is CNCC(=O)N1CCCC1CS. The molecule has 0 saturated carbocycles. The summed E-state index contributed by atoms with van der Waals surface area (Å²) in [5, 5.41) is 2.87. The highest BCUT2D eigenvalue weighted by Gasteiger charge is 2.26. The van der Waals surface area contributed by atoms with Gasteiger partial charge in [0.25, 0.3) is 0 Å². The number of likely N-dealkylation sites (N-methyl/N-ethyl adjacent to an activating group) is 1. The number of nitrogens with zero attached hydrogens (tertiary/aromatic N) is 1. The van der Waals surface area contributed by atoms with Crippen LogP contribution in [0.2, 0.25) is 0 Å². The van der Waals surface area contributed by atoms with Gasteiger partial charge in [0, 0.05) is 18.3 Å². The van der Waals surface area contributed by atoms with Crippen molar-refractivity contribution in [3.63, 3.8) is 0 Å². The summed E-state index contributed by atoms with van der Waals surface area (Å²) in [7, 11) is 1.80. The molecule has 1 heterocycles. The number of likely N-dealkylation sites (tertiary alicyclic amines) is 1. The Morgan fingerprint density at radius 3 is 3.08 bits per heavy atom. The number of rotatable bonds is 3. The quantitative estimate of drug-likeness (QED) is 0.617. The predicted octanol–water partition coefficient (Wildman–Crippen LogP) is 0.127. The highest BCUT2D eigenvalue weighted by Crippen LogP contribution is 2.17. The van der Waals surface area contributed by atoms with Crippen LogP contribution in [0.4, 0.5) is 0 Å². The molecule has 1 amide bonds. The molecule has 0 aromatic rings. The molecule has 0 aliphatic carbocycles. The van der Waals surface area contributed by atoms with E-state index < -0.39 is 0 Å². The maximum absolute atomic E-state index is 11.4. The number of nitrogens with one attached hydrogen (secondary N) is 1. The third kappa shape index (κ3) is 2.14. The molecule has 1 fully saturated rings. The Bertz CT molecular complexity index is 163. The second-order valence-electron chi connectivity index (χ2n) is 3.10. The Morgan fingerprint density at radius 2 is 2.50 bits per heavy atom. The van der Waals surface area contributed by atoms with Crippen LogP contribution in [-0.4, -0.2) is 42.7 Å². The fourth-order valence-electron chi connectivity index (χ4n) is 1.61. The molecule has 1 atom stereocenters. The zero-order valence-electron chi connectivity index (χ0n) is 7.42. The molecule has 0 aromatic heterocycles. The lowest BCUT2D eigenvalue weighted by Crippen LogP contribution is -2.41. The summed E-state index contributed by atoms with van der Waals surface area (Å²) >= 11 is 4.22. The molecule has 0 spiro atoms. The molecule has 0 radical (unpaired) electrons. The number of hydrogen-bond acceptors (Lipinski definition) is 3. The molecule has 4 heteroatoms. The van der Waals surface area contributed by atoms with E-state index in [-0.39, 0.29) is 5.91 Å². The van der Waals surface area contributed by atoms with E-state index in [1.165, 1.54) is 0 Å². The lowest BCUT2D eigenvalue weighted by Gasteiger charge is -2.22. The van der Waals surface area contributed by atoms with Crippen molar-refractivity contribution >= 4 is 18.5 Å². The van der Waals surface area contributed by atoms with Crippen molar-refractivity contribution in [2.45, 2.75) is 18.9 Å². The third-order valence-corrected chi connectivity index (χ3v) is 2.66. The number of amides is 1. The van der Waals surface area contributed by atoms with Gasteiger partial charge in [0.1, 0.15) is 0 Å². The molecule has 0 aromatic carbocycles. The summed E-state index contributed by atoms with van der Waals surface area (Å²) in [6.45, 7) is 1.36. The van der Waals surface area contributed by atoms with Crippen molar-refractivity contribution in [1.29, 1.82) is 0 Å². The van der Waals surface area contributed by atoms with Crippen LogP contribution in [0.5, 0.6) is 0 Å². The van der Waals surface area contributed by atoms with E-state index in [2.05, 4.69) is 17.9 Å². The van der Waals surface area contributed by atoms with Gasteiger partial charge in [0.15, 0.2) is 0 Å². The fraction of sp³-hybridized carbons (Fsp3) is 0.875. The second kappa shape index (κ2) is 4.72. The summed E-state index contributed by atoms with van der Waals surface area (Å²) in [5.41, 5.74) is 0. The van der Waals surface area contributed by atoms with Crippen LogP contribution in [0.1, 0.15) is 12.8 Å². The average molecular weight is 188 g/mol. The molecular weight excluding hydrogens is 172 g/mol. The van der Waals surface area contributed by atoms with Crippen LogP contribution in [-0.2, 0) is 4.79 Å². The van der Waals surface area contributed by atoms with Gasteiger partial charge in [-0.1, -0.05) is 0 Å². The Kier molecular flexibility index (Phi) is 3.88. The van der Waals surface area contributed by atoms with Crippen LogP contribution in [0.15, 0.2) is 0 Å². The molecule has 1 rings (SSSR count). The number of hydrogen-bond donors (Lipinski definition) is 2. The van der Waals surface area contributed by atoms with Crippen LogP contribution in [0, 0.1) is 0 Å². The summed E-state index contributed by atoms with van der Waals surface area (Å²) < 4.78 is 0. The molecule has 12 heavy (non-hydrogen) atoms. The van der Waals surface area contributed by atoms with Crippen molar-refractivity contribution in [2.24, 2.45) is 0 Å². The zero-order chi connectivity index (χ0) is 8.97. The topological polar surface area (TPSA) is 32.3 Å². The van der Waals surface area contributed by atoms with Crippen LogP contribution >= 0.6 is 12.6 Å². The fourth-order valence-corrected chi connectivity index (χ4v) is 1.99. The highest BCUT2D eigenvalue weighted by molar-refractivity contribution is 7.80. The highest BCUT2D eigenvalue weighted by atomic mass is 32.1. The number of carbonyl (C=O) groups excluding carboxylic acids is 1. The summed E-state index contributed by atoms with van der Waals surface area (Å²) in [4.78, 5) is 13.4.